The van der Waals surface area contributed by atoms with Gasteiger partial charge in [0.05, 0.1) is 6.04 Å². The summed E-state index contributed by atoms with van der Waals surface area (Å²) in [4.78, 5) is 25.2. The van der Waals surface area contributed by atoms with Crippen molar-refractivity contribution in [2.75, 3.05) is 6.61 Å². The monoisotopic (exact) mass is 381 g/mol. The minimum Gasteiger partial charge on any atom is -0.456 e. The van der Waals surface area contributed by atoms with Crippen LogP contribution in [0.4, 0.5) is 0 Å². The van der Waals surface area contributed by atoms with Crippen LogP contribution in [0.2, 0.25) is 0 Å². The lowest BCUT2D eigenvalue weighted by Crippen LogP contribution is -2.31. The first-order chi connectivity index (χ1) is 13.1. The van der Waals surface area contributed by atoms with E-state index in [2.05, 4.69) is 11.4 Å². The second-order valence-corrected chi connectivity index (χ2v) is 7.48. The molecule has 1 heterocycles. The van der Waals surface area contributed by atoms with Crippen LogP contribution >= 0.6 is 11.3 Å². The van der Waals surface area contributed by atoms with Crippen LogP contribution in [0.1, 0.15) is 36.2 Å². The van der Waals surface area contributed by atoms with Crippen LogP contribution in [0.25, 0.3) is 10.8 Å². The van der Waals surface area contributed by atoms with Crippen LogP contribution in [-0.2, 0) is 20.7 Å². The number of aryl methyl sites for hydroxylation is 1. The molecule has 0 unspecified atom stereocenters. The van der Waals surface area contributed by atoms with E-state index >= 15 is 0 Å². The average molecular weight is 381 g/mol. The van der Waals surface area contributed by atoms with Crippen LogP contribution in [0.3, 0.4) is 0 Å². The predicted molar refractivity (Wildman–Crippen MR) is 109 cm³/mol. The molecule has 4 nitrogen and oxygen atoms in total. The largest absolute Gasteiger partial charge is 0.456 e. The molecule has 1 amide bonds. The van der Waals surface area contributed by atoms with E-state index in [9.17, 15) is 9.59 Å². The molecule has 1 aromatic heterocycles. The molecule has 0 radical (unpaired) electrons. The summed E-state index contributed by atoms with van der Waals surface area (Å²) < 4.78 is 5.10. The van der Waals surface area contributed by atoms with Crippen molar-refractivity contribution in [3.63, 3.8) is 0 Å². The standard InChI is InChI=1S/C22H23NO3S/c1-16(19-12-4-8-17-7-2-3-11-20(17)19)23-21(24)15-26-22(25)13-5-9-18-10-6-14-27-18/h2-4,6-8,10-12,14,16H,5,9,13,15H2,1H3,(H,23,24)/t16-/m1/s1. The highest BCUT2D eigenvalue weighted by molar-refractivity contribution is 7.09. The number of benzene rings is 2. The Bertz CT molecular complexity index is 900. The van der Waals surface area contributed by atoms with E-state index in [1.807, 2.05) is 60.8 Å². The summed E-state index contributed by atoms with van der Waals surface area (Å²) in [6, 6.07) is 18.0. The van der Waals surface area contributed by atoms with E-state index in [1.54, 1.807) is 11.3 Å². The minimum absolute atomic E-state index is 0.166. The molecule has 27 heavy (non-hydrogen) atoms. The number of fused-ring (bicyclic) bond motifs is 1. The van der Waals surface area contributed by atoms with E-state index in [-0.39, 0.29) is 24.5 Å². The van der Waals surface area contributed by atoms with Gasteiger partial charge in [0.25, 0.3) is 5.91 Å². The molecule has 0 fully saturated rings. The Hall–Kier alpha value is -2.66. The second kappa shape index (κ2) is 9.33. The Morgan fingerprint density at radius 3 is 2.70 bits per heavy atom. The van der Waals surface area contributed by atoms with Gasteiger partial charge in [0.1, 0.15) is 0 Å². The zero-order valence-corrected chi connectivity index (χ0v) is 16.1. The van der Waals surface area contributed by atoms with Gasteiger partial charge in [-0.05, 0) is 47.5 Å². The first-order valence-electron chi connectivity index (χ1n) is 9.08. The molecule has 0 bridgehead atoms. The van der Waals surface area contributed by atoms with Gasteiger partial charge in [0.15, 0.2) is 6.61 Å². The van der Waals surface area contributed by atoms with E-state index < -0.39 is 0 Å². The van der Waals surface area contributed by atoms with E-state index in [4.69, 9.17) is 4.74 Å². The smallest absolute Gasteiger partial charge is 0.306 e. The highest BCUT2D eigenvalue weighted by Crippen LogP contribution is 2.23. The number of hydrogen-bond donors (Lipinski definition) is 1. The van der Waals surface area contributed by atoms with Gasteiger partial charge in [-0.15, -0.1) is 11.3 Å². The maximum atomic E-state index is 12.1. The summed E-state index contributed by atoms with van der Waals surface area (Å²) >= 11 is 1.68. The summed E-state index contributed by atoms with van der Waals surface area (Å²) in [6.45, 7) is 1.69. The Morgan fingerprint density at radius 1 is 1.07 bits per heavy atom. The van der Waals surface area contributed by atoms with Gasteiger partial charge in [0, 0.05) is 11.3 Å². The number of ether oxygens (including phenoxy) is 1. The van der Waals surface area contributed by atoms with Gasteiger partial charge >= 0.3 is 5.97 Å². The van der Waals surface area contributed by atoms with Crippen molar-refractivity contribution in [3.8, 4) is 0 Å². The van der Waals surface area contributed by atoms with Crippen molar-refractivity contribution in [2.24, 2.45) is 0 Å². The van der Waals surface area contributed by atoms with Crippen LogP contribution in [-0.4, -0.2) is 18.5 Å². The van der Waals surface area contributed by atoms with Crippen LogP contribution in [0.5, 0.6) is 0 Å². The van der Waals surface area contributed by atoms with E-state index in [0.717, 1.165) is 29.2 Å². The number of carbonyl (C=O) groups excluding carboxylic acids is 2. The lowest BCUT2D eigenvalue weighted by atomic mass is 10.00. The van der Waals surface area contributed by atoms with Gasteiger partial charge < -0.3 is 10.1 Å². The van der Waals surface area contributed by atoms with Gasteiger partial charge in [-0.25, -0.2) is 0 Å². The van der Waals surface area contributed by atoms with Gasteiger partial charge in [0.2, 0.25) is 0 Å². The molecule has 2 aromatic carbocycles. The Morgan fingerprint density at radius 2 is 1.89 bits per heavy atom. The van der Waals surface area contributed by atoms with Gasteiger partial charge in [-0.3, -0.25) is 9.59 Å². The summed E-state index contributed by atoms with van der Waals surface area (Å²) in [5, 5.41) is 7.17. The van der Waals surface area contributed by atoms with Gasteiger partial charge in [-0.2, -0.15) is 0 Å². The van der Waals surface area contributed by atoms with Crippen LogP contribution < -0.4 is 5.32 Å². The first-order valence-corrected chi connectivity index (χ1v) is 9.96. The molecule has 0 aliphatic rings. The van der Waals surface area contributed by atoms with Crippen molar-refractivity contribution in [2.45, 2.75) is 32.2 Å². The third-order valence-electron chi connectivity index (χ3n) is 4.42. The zero-order valence-electron chi connectivity index (χ0n) is 15.3. The molecular weight excluding hydrogens is 358 g/mol. The summed E-state index contributed by atoms with van der Waals surface area (Å²) in [6.07, 6.45) is 1.91. The summed E-state index contributed by atoms with van der Waals surface area (Å²) in [5.74, 6) is -0.624. The highest BCUT2D eigenvalue weighted by Gasteiger charge is 2.14. The third-order valence-corrected chi connectivity index (χ3v) is 5.35. The van der Waals surface area contributed by atoms with Crippen molar-refractivity contribution in [3.05, 3.63) is 70.4 Å². The number of esters is 1. The molecule has 0 aliphatic carbocycles. The molecule has 3 aromatic rings. The minimum atomic E-state index is -0.334. The topological polar surface area (TPSA) is 55.4 Å². The lowest BCUT2D eigenvalue weighted by Gasteiger charge is -2.16. The van der Waals surface area contributed by atoms with Crippen LogP contribution in [0.15, 0.2) is 60.0 Å². The normalized spacial score (nSPS) is 11.9. The Kier molecular flexibility index (Phi) is 6.60. The molecule has 1 atom stereocenters. The highest BCUT2D eigenvalue weighted by atomic mass is 32.1. The van der Waals surface area contributed by atoms with E-state index in [1.165, 1.54) is 4.88 Å². The molecular formula is C22H23NO3S. The predicted octanol–water partition coefficient (Wildman–Crippen LogP) is 4.64. The maximum Gasteiger partial charge on any atom is 0.306 e. The molecule has 0 aliphatic heterocycles. The quantitative estimate of drug-likeness (QED) is 0.578. The summed E-state index contributed by atoms with van der Waals surface area (Å²) in [7, 11) is 0. The third kappa shape index (κ3) is 5.41. The number of hydrogen-bond acceptors (Lipinski definition) is 4. The SMILES string of the molecule is C[C@@H](NC(=O)COC(=O)CCCc1cccs1)c1cccc2ccccc12. The number of rotatable bonds is 8. The van der Waals surface area contributed by atoms with Crippen LogP contribution in [0, 0.1) is 0 Å². The lowest BCUT2D eigenvalue weighted by molar-refractivity contribution is -0.148. The van der Waals surface area contributed by atoms with Crippen molar-refractivity contribution < 1.29 is 14.3 Å². The first kappa shape index (κ1) is 19.1. The maximum absolute atomic E-state index is 12.1. The number of amides is 1. The fraction of sp³-hybridized carbons (Fsp3) is 0.273. The Labute approximate surface area is 163 Å². The van der Waals surface area contributed by atoms with Crippen molar-refractivity contribution in [1.82, 2.24) is 5.32 Å². The van der Waals surface area contributed by atoms with Crippen molar-refractivity contribution in [1.29, 1.82) is 0 Å². The molecule has 0 spiro atoms. The molecule has 140 valence electrons. The second-order valence-electron chi connectivity index (χ2n) is 6.45. The molecule has 1 N–H and O–H groups in total. The van der Waals surface area contributed by atoms with Crippen molar-refractivity contribution >= 4 is 34.0 Å². The number of thiophene rings is 1. The average Bonchev–Trinajstić information content (AvgIpc) is 3.19. The fourth-order valence-corrected chi connectivity index (χ4v) is 3.82. The number of carbonyl (C=O) groups is 2. The molecule has 0 saturated carbocycles. The molecule has 0 saturated heterocycles. The van der Waals surface area contributed by atoms with E-state index in [0.29, 0.717) is 6.42 Å². The fourth-order valence-electron chi connectivity index (χ4n) is 3.07. The number of nitrogens with one attached hydrogen (secondary N) is 1. The molecule has 5 heteroatoms. The molecule has 3 rings (SSSR count). The van der Waals surface area contributed by atoms with Gasteiger partial charge in [-0.1, -0.05) is 48.5 Å². The summed E-state index contributed by atoms with van der Waals surface area (Å²) in [5.41, 5.74) is 1.05. The zero-order chi connectivity index (χ0) is 19.1. The Balaban J connectivity index is 1.45.